The summed E-state index contributed by atoms with van der Waals surface area (Å²) in [5, 5.41) is 6.18. The minimum Gasteiger partial charge on any atom is -0.317 e. The van der Waals surface area contributed by atoms with Gasteiger partial charge in [0.15, 0.2) is 0 Å². The number of alkyl halides is 3. The van der Waals surface area contributed by atoms with Gasteiger partial charge in [0.2, 0.25) is 0 Å². The predicted molar refractivity (Wildman–Crippen MR) is 77.4 cm³/mol. The molecule has 3 rings (SSSR count). The van der Waals surface area contributed by atoms with Gasteiger partial charge < -0.3 is 5.32 Å². The van der Waals surface area contributed by atoms with E-state index in [2.05, 4.69) is 10.3 Å². The molecule has 1 aliphatic heterocycles. The number of benzene rings is 1. The summed E-state index contributed by atoms with van der Waals surface area (Å²) in [6.45, 7) is 1.95. The van der Waals surface area contributed by atoms with Gasteiger partial charge in [0.05, 0.1) is 16.3 Å². The highest BCUT2D eigenvalue weighted by atomic mass is 32.1. The van der Waals surface area contributed by atoms with Gasteiger partial charge >= 0.3 is 6.18 Å². The number of piperidine rings is 1. The largest absolute Gasteiger partial charge is 0.416 e. The van der Waals surface area contributed by atoms with Crippen LogP contribution in [-0.2, 0) is 6.18 Å². The third kappa shape index (κ3) is 3.27. The first kappa shape index (κ1) is 14.5. The zero-order valence-corrected chi connectivity index (χ0v) is 12.1. The minimum atomic E-state index is -4.32. The van der Waals surface area contributed by atoms with Gasteiger partial charge in [-0.1, -0.05) is 12.1 Å². The van der Waals surface area contributed by atoms with E-state index in [0.717, 1.165) is 37.0 Å². The molecule has 0 radical (unpaired) electrons. The van der Waals surface area contributed by atoms with Crippen molar-refractivity contribution in [1.82, 2.24) is 10.3 Å². The van der Waals surface area contributed by atoms with E-state index < -0.39 is 11.7 Å². The predicted octanol–water partition coefficient (Wildman–Crippen LogP) is 4.30. The molecule has 0 unspecified atom stereocenters. The zero-order valence-electron chi connectivity index (χ0n) is 11.3. The standard InChI is InChI=1S/C15H15F3N2S/c16-15(17,18)12-3-1-2-11(8-12)13-9-21-14(20-13)10-4-6-19-7-5-10/h1-3,8-10,19H,4-7H2. The Balaban J connectivity index is 1.86. The Bertz CT molecular complexity index is 615. The molecule has 0 bridgehead atoms. The Hall–Kier alpha value is -1.40. The molecular formula is C15H15F3N2S. The molecule has 2 heterocycles. The summed E-state index contributed by atoms with van der Waals surface area (Å²) < 4.78 is 38.3. The van der Waals surface area contributed by atoms with Crippen LogP contribution >= 0.6 is 11.3 Å². The molecule has 0 spiro atoms. The molecule has 2 nitrogen and oxygen atoms in total. The number of nitrogens with zero attached hydrogens (tertiary/aromatic N) is 1. The minimum absolute atomic E-state index is 0.427. The number of thiazole rings is 1. The second-order valence-corrected chi connectivity index (χ2v) is 6.06. The van der Waals surface area contributed by atoms with Crippen LogP contribution in [0.2, 0.25) is 0 Å². The van der Waals surface area contributed by atoms with Crippen LogP contribution in [0.5, 0.6) is 0 Å². The first-order valence-electron chi connectivity index (χ1n) is 6.88. The van der Waals surface area contributed by atoms with E-state index in [9.17, 15) is 13.2 Å². The molecule has 1 aromatic carbocycles. The monoisotopic (exact) mass is 312 g/mol. The molecular weight excluding hydrogens is 297 g/mol. The van der Waals surface area contributed by atoms with Gasteiger partial charge in [-0.25, -0.2) is 4.98 Å². The van der Waals surface area contributed by atoms with Gasteiger partial charge in [-0.2, -0.15) is 13.2 Å². The molecule has 1 fully saturated rings. The Morgan fingerprint density at radius 2 is 1.95 bits per heavy atom. The quantitative estimate of drug-likeness (QED) is 0.894. The van der Waals surface area contributed by atoms with E-state index in [0.29, 0.717) is 17.2 Å². The van der Waals surface area contributed by atoms with Crippen LogP contribution in [0.1, 0.15) is 29.3 Å². The van der Waals surface area contributed by atoms with Crippen LogP contribution in [0.25, 0.3) is 11.3 Å². The molecule has 21 heavy (non-hydrogen) atoms. The van der Waals surface area contributed by atoms with E-state index in [-0.39, 0.29) is 0 Å². The van der Waals surface area contributed by atoms with Crippen LogP contribution in [-0.4, -0.2) is 18.1 Å². The Labute approximate surface area is 125 Å². The summed E-state index contributed by atoms with van der Waals surface area (Å²) in [5.74, 6) is 0.427. The van der Waals surface area contributed by atoms with E-state index in [1.165, 1.54) is 12.1 Å². The van der Waals surface area contributed by atoms with Gasteiger partial charge in [0, 0.05) is 16.9 Å². The van der Waals surface area contributed by atoms with Gasteiger partial charge in [-0.15, -0.1) is 11.3 Å². The highest BCUT2D eigenvalue weighted by molar-refractivity contribution is 7.10. The van der Waals surface area contributed by atoms with Crippen LogP contribution in [0, 0.1) is 0 Å². The van der Waals surface area contributed by atoms with Crippen LogP contribution in [0.3, 0.4) is 0 Å². The number of halogens is 3. The molecule has 1 aromatic heterocycles. The molecule has 0 saturated carbocycles. The molecule has 0 atom stereocenters. The van der Waals surface area contributed by atoms with Gasteiger partial charge in [0.1, 0.15) is 0 Å². The maximum Gasteiger partial charge on any atom is 0.416 e. The van der Waals surface area contributed by atoms with Crippen molar-refractivity contribution >= 4 is 11.3 Å². The lowest BCUT2D eigenvalue weighted by Crippen LogP contribution is -2.26. The summed E-state index contributed by atoms with van der Waals surface area (Å²) in [6.07, 6.45) is -2.24. The lowest BCUT2D eigenvalue weighted by molar-refractivity contribution is -0.137. The molecule has 0 amide bonds. The Kier molecular flexibility index (Phi) is 3.99. The molecule has 6 heteroatoms. The van der Waals surface area contributed by atoms with Crippen LogP contribution in [0.15, 0.2) is 29.6 Å². The molecule has 2 aromatic rings. The van der Waals surface area contributed by atoms with Gasteiger partial charge in [0.25, 0.3) is 0 Å². The van der Waals surface area contributed by atoms with Gasteiger partial charge in [-0.05, 0) is 38.1 Å². The van der Waals surface area contributed by atoms with Crippen molar-refractivity contribution in [2.45, 2.75) is 24.9 Å². The number of hydrogen-bond donors (Lipinski definition) is 1. The number of hydrogen-bond acceptors (Lipinski definition) is 3. The molecule has 1 N–H and O–H groups in total. The van der Waals surface area contributed by atoms with E-state index in [1.807, 2.05) is 5.38 Å². The fourth-order valence-corrected chi connectivity index (χ4v) is 3.53. The van der Waals surface area contributed by atoms with Crippen molar-refractivity contribution < 1.29 is 13.2 Å². The fraction of sp³-hybridized carbons (Fsp3) is 0.400. The maximum absolute atomic E-state index is 12.8. The van der Waals surface area contributed by atoms with Crippen LogP contribution in [0.4, 0.5) is 13.2 Å². The third-order valence-electron chi connectivity index (χ3n) is 3.70. The van der Waals surface area contributed by atoms with Crippen molar-refractivity contribution in [3.05, 3.63) is 40.2 Å². The maximum atomic E-state index is 12.8. The van der Waals surface area contributed by atoms with E-state index in [4.69, 9.17) is 0 Å². The van der Waals surface area contributed by atoms with Crippen molar-refractivity contribution in [2.75, 3.05) is 13.1 Å². The average molecular weight is 312 g/mol. The molecule has 112 valence electrons. The second-order valence-electron chi connectivity index (χ2n) is 5.17. The van der Waals surface area contributed by atoms with E-state index >= 15 is 0 Å². The highest BCUT2D eigenvalue weighted by Gasteiger charge is 2.30. The Morgan fingerprint density at radius 1 is 1.19 bits per heavy atom. The summed E-state index contributed by atoms with van der Waals surface area (Å²) in [4.78, 5) is 4.55. The van der Waals surface area contributed by atoms with Gasteiger partial charge in [-0.3, -0.25) is 0 Å². The normalized spacial score (nSPS) is 17.1. The summed E-state index contributed by atoms with van der Waals surface area (Å²) >= 11 is 1.54. The lowest BCUT2D eigenvalue weighted by atomic mass is 9.99. The van der Waals surface area contributed by atoms with E-state index in [1.54, 1.807) is 17.4 Å². The van der Waals surface area contributed by atoms with Crippen molar-refractivity contribution in [3.63, 3.8) is 0 Å². The second kappa shape index (κ2) is 5.77. The third-order valence-corrected chi connectivity index (χ3v) is 4.70. The average Bonchev–Trinajstić information content (AvgIpc) is 2.97. The van der Waals surface area contributed by atoms with Crippen LogP contribution < -0.4 is 5.32 Å². The number of aromatic nitrogens is 1. The SMILES string of the molecule is FC(F)(F)c1cccc(-c2csc(C3CCNCC3)n2)c1. The molecule has 0 aliphatic carbocycles. The first-order valence-corrected chi connectivity index (χ1v) is 7.76. The summed E-state index contributed by atoms with van der Waals surface area (Å²) in [5.41, 5.74) is 0.539. The van der Waals surface area contributed by atoms with Crippen molar-refractivity contribution in [3.8, 4) is 11.3 Å². The lowest BCUT2D eigenvalue weighted by Gasteiger charge is -2.20. The molecule has 1 aliphatic rings. The first-order chi connectivity index (χ1) is 10.0. The smallest absolute Gasteiger partial charge is 0.317 e. The zero-order chi connectivity index (χ0) is 14.9. The topological polar surface area (TPSA) is 24.9 Å². The molecule has 1 saturated heterocycles. The Morgan fingerprint density at radius 3 is 2.67 bits per heavy atom. The number of nitrogens with one attached hydrogen (secondary N) is 1. The highest BCUT2D eigenvalue weighted by Crippen LogP contribution is 2.34. The number of rotatable bonds is 2. The van der Waals surface area contributed by atoms with Crippen molar-refractivity contribution in [1.29, 1.82) is 0 Å². The fourth-order valence-electron chi connectivity index (χ4n) is 2.53. The summed E-state index contributed by atoms with van der Waals surface area (Å²) in [7, 11) is 0. The van der Waals surface area contributed by atoms with Crippen molar-refractivity contribution in [2.24, 2.45) is 0 Å². The summed E-state index contributed by atoms with van der Waals surface area (Å²) in [6, 6.07) is 5.36.